The van der Waals surface area contributed by atoms with Gasteiger partial charge in [-0.3, -0.25) is 0 Å². The molecule has 0 heterocycles. The summed E-state index contributed by atoms with van der Waals surface area (Å²) in [7, 11) is 0. The highest BCUT2D eigenvalue weighted by molar-refractivity contribution is 5.13. The average Bonchev–Trinajstić information content (AvgIpc) is 2.39. The van der Waals surface area contributed by atoms with Gasteiger partial charge in [-0.15, -0.1) is 5.92 Å². The lowest BCUT2D eigenvalue weighted by molar-refractivity contribution is 0.0150. The van der Waals surface area contributed by atoms with E-state index in [4.69, 9.17) is 4.74 Å². The van der Waals surface area contributed by atoms with Crippen LogP contribution in [-0.2, 0) is 11.3 Å². The van der Waals surface area contributed by atoms with Gasteiger partial charge in [0.2, 0.25) is 0 Å². The van der Waals surface area contributed by atoms with Crippen molar-refractivity contribution in [1.29, 1.82) is 0 Å². The quantitative estimate of drug-likeness (QED) is 0.782. The van der Waals surface area contributed by atoms with E-state index in [1.807, 2.05) is 44.2 Å². The van der Waals surface area contributed by atoms with Gasteiger partial charge in [0.05, 0.1) is 19.3 Å². The monoisotopic (exact) mass is 246 g/mol. The Morgan fingerprint density at radius 1 is 1.22 bits per heavy atom. The zero-order valence-corrected chi connectivity index (χ0v) is 11.4. The fraction of sp³-hybridized carbons (Fsp3) is 0.500. The third-order valence-corrected chi connectivity index (χ3v) is 2.96. The van der Waals surface area contributed by atoms with Crippen molar-refractivity contribution >= 4 is 0 Å². The van der Waals surface area contributed by atoms with E-state index in [9.17, 15) is 5.11 Å². The first-order valence-electron chi connectivity index (χ1n) is 6.37. The Labute approximate surface area is 110 Å². The molecule has 0 aromatic heterocycles. The van der Waals surface area contributed by atoms with Crippen LogP contribution in [0, 0.1) is 23.7 Å². The molecule has 1 N–H and O–H groups in total. The van der Waals surface area contributed by atoms with E-state index < -0.39 is 6.10 Å². The number of ether oxygens (including phenoxy) is 1. The molecule has 0 aliphatic heterocycles. The molecule has 1 rings (SSSR count). The van der Waals surface area contributed by atoms with Crippen LogP contribution in [0.1, 0.15) is 26.3 Å². The van der Waals surface area contributed by atoms with Gasteiger partial charge in [0.25, 0.3) is 0 Å². The summed E-state index contributed by atoms with van der Waals surface area (Å²) in [6.45, 7) is 6.86. The first kappa shape index (κ1) is 14.8. The SMILES string of the molecule is CC#C[C@@H](C)[C@H](O)[C@H](C)COCc1ccccc1. The molecule has 3 atom stereocenters. The van der Waals surface area contributed by atoms with Crippen molar-refractivity contribution in [2.45, 2.75) is 33.5 Å². The number of hydrogen-bond donors (Lipinski definition) is 1. The number of aliphatic hydroxyl groups excluding tert-OH is 1. The fourth-order valence-electron chi connectivity index (χ4n) is 1.84. The standard InChI is InChI=1S/C16H22O2/c1-4-8-13(2)16(17)14(3)11-18-12-15-9-6-5-7-10-15/h5-7,9-10,13-14,16-17H,11-12H2,1-3H3/t13-,14-,16+/m1/s1. The second kappa shape index (κ2) is 7.92. The summed E-state index contributed by atoms with van der Waals surface area (Å²) in [4.78, 5) is 0. The summed E-state index contributed by atoms with van der Waals surface area (Å²) < 4.78 is 5.62. The van der Waals surface area contributed by atoms with Crippen LogP contribution in [0.2, 0.25) is 0 Å². The topological polar surface area (TPSA) is 29.5 Å². The molecular formula is C16H22O2. The molecule has 0 aliphatic rings. The Morgan fingerprint density at radius 3 is 2.50 bits per heavy atom. The minimum Gasteiger partial charge on any atom is -0.391 e. The molecule has 0 saturated heterocycles. The number of hydrogen-bond acceptors (Lipinski definition) is 2. The fourth-order valence-corrected chi connectivity index (χ4v) is 1.84. The highest BCUT2D eigenvalue weighted by Gasteiger charge is 2.19. The Kier molecular flexibility index (Phi) is 6.49. The lowest BCUT2D eigenvalue weighted by Crippen LogP contribution is -2.28. The zero-order valence-electron chi connectivity index (χ0n) is 11.4. The van der Waals surface area contributed by atoms with E-state index in [0.717, 1.165) is 5.56 Å². The molecule has 0 radical (unpaired) electrons. The van der Waals surface area contributed by atoms with Gasteiger partial charge in [0.1, 0.15) is 0 Å². The maximum atomic E-state index is 10.0. The predicted molar refractivity (Wildman–Crippen MR) is 73.9 cm³/mol. The van der Waals surface area contributed by atoms with Crippen molar-refractivity contribution in [3.8, 4) is 11.8 Å². The van der Waals surface area contributed by atoms with E-state index >= 15 is 0 Å². The molecule has 0 unspecified atom stereocenters. The minimum atomic E-state index is -0.437. The molecule has 18 heavy (non-hydrogen) atoms. The summed E-state index contributed by atoms with van der Waals surface area (Å²) in [5.41, 5.74) is 1.15. The van der Waals surface area contributed by atoms with Crippen molar-refractivity contribution < 1.29 is 9.84 Å². The van der Waals surface area contributed by atoms with Gasteiger partial charge < -0.3 is 9.84 Å². The summed E-state index contributed by atoms with van der Waals surface area (Å²) in [5.74, 6) is 5.89. The summed E-state index contributed by atoms with van der Waals surface area (Å²) in [6, 6.07) is 10.0. The van der Waals surface area contributed by atoms with Gasteiger partial charge in [0.15, 0.2) is 0 Å². The molecule has 0 saturated carbocycles. The first-order valence-corrected chi connectivity index (χ1v) is 6.37. The maximum Gasteiger partial charge on any atom is 0.0722 e. The molecule has 0 fully saturated rings. The molecule has 2 heteroatoms. The van der Waals surface area contributed by atoms with Crippen LogP contribution in [0.4, 0.5) is 0 Å². The molecule has 0 spiro atoms. The summed E-state index contributed by atoms with van der Waals surface area (Å²) >= 11 is 0. The minimum absolute atomic E-state index is 0.00896. The van der Waals surface area contributed by atoms with Crippen LogP contribution in [-0.4, -0.2) is 17.8 Å². The maximum absolute atomic E-state index is 10.0. The third-order valence-electron chi connectivity index (χ3n) is 2.96. The van der Waals surface area contributed by atoms with Crippen LogP contribution in [0.5, 0.6) is 0 Å². The van der Waals surface area contributed by atoms with Crippen LogP contribution in [0.3, 0.4) is 0 Å². The molecule has 0 aliphatic carbocycles. The van der Waals surface area contributed by atoms with Crippen LogP contribution in [0.25, 0.3) is 0 Å². The number of benzene rings is 1. The molecule has 2 nitrogen and oxygen atoms in total. The average molecular weight is 246 g/mol. The van der Waals surface area contributed by atoms with Crippen molar-refractivity contribution in [3.63, 3.8) is 0 Å². The van der Waals surface area contributed by atoms with Crippen molar-refractivity contribution in [2.75, 3.05) is 6.61 Å². The van der Waals surface area contributed by atoms with E-state index in [-0.39, 0.29) is 11.8 Å². The van der Waals surface area contributed by atoms with Gasteiger partial charge in [-0.05, 0) is 19.4 Å². The van der Waals surface area contributed by atoms with Gasteiger partial charge >= 0.3 is 0 Å². The Morgan fingerprint density at radius 2 is 1.89 bits per heavy atom. The lowest BCUT2D eigenvalue weighted by atomic mass is 9.94. The molecule has 0 amide bonds. The molecule has 0 bridgehead atoms. The van der Waals surface area contributed by atoms with Gasteiger partial charge in [-0.25, -0.2) is 0 Å². The normalized spacial score (nSPS) is 15.3. The Balaban J connectivity index is 2.32. The Bertz CT molecular complexity index is 389. The zero-order chi connectivity index (χ0) is 13.4. The van der Waals surface area contributed by atoms with E-state index in [1.165, 1.54) is 0 Å². The molecule has 1 aromatic carbocycles. The van der Waals surface area contributed by atoms with Gasteiger partial charge in [-0.2, -0.15) is 0 Å². The lowest BCUT2D eigenvalue weighted by Gasteiger charge is -2.21. The third kappa shape index (κ3) is 4.91. The second-order valence-corrected chi connectivity index (χ2v) is 4.65. The number of rotatable bonds is 6. The van der Waals surface area contributed by atoms with E-state index in [1.54, 1.807) is 6.92 Å². The van der Waals surface area contributed by atoms with Crippen molar-refractivity contribution in [1.82, 2.24) is 0 Å². The van der Waals surface area contributed by atoms with E-state index in [0.29, 0.717) is 13.2 Å². The Hall–Kier alpha value is -1.30. The predicted octanol–water partition coefficient (Wildman–Crippen LogP) is 2.86. The van der Waals surface area contributed by atoms with Crippen LogP contribution < -0.4 is 0 Å². The van der Waals surface area contributed by atoms with E-state index in [2.05, 4.69) is 11.8 Å². The first-order chi connectivity index (χ1) is 8.65. The smallest absolute Gasteiger partial charge is 0.0722 e. The highest BCUT2D eigenvalue weighted by Crippen LogP contribution is 2.13. The summed E-state index contributed by atoms with van der Waals surface area (Å²) in [5, 5.41) is 10.0. The summed E-state index contributed by atoms with van der Waals surface area (Å²) in [6.07, 6.45) is -0.437. The molecule has 98 valence electrons. The van der Waals surface area contributed by atoms with Gasteiger partial charge in [-0.1, -0.05) is 43.2 Å². The van der Waals surface area contributed by atoms with Crippen LogP contribution in [0.15, 0.2) is 30.3 Å². The largest absolute Gasteiger partial charge is 0.391 e. The molecular weight excluding hydrogens is 224 g/mol. The highest BCUT2D eigenvalue weighted by atomic mass is 16.5. The van der Waals surface area contributed by atoms with Crippen molar-refractivity contribution in [2.24, 2.45) is 11.8 Å². The van der Waals surface area contributed by atoms with Crippen molar-refractivity contribution in [3.05, 3.63) is 35.9 Å². The van der Waals surface area contributed by atoms with Crippen LogP contribution >= 0.6 is 0 Å². The number of aliphatic hydroxyl groups is 1. The molecule has 1 aromatic rings. The van der Waals surface area contributed by atoms with Gasteiger partial charge in [0, 0.05) is 11.8 Å². The second-order valence-electron chi connectivity index (χ2n) is 4.65.